The highest BCUT2D eigenvalue weighted by Crippen LogP contribution is 2.25. The molecule has 1 aliphatic rings. The lowest BCUT2D eigenvalue weighted by atomic mass is 10.0. The van der Waals surface area contributed by atoms with Gasteiger partial charge in [-0.05, 0) is 25.2 Å². The Hall–Kier alpha value is -1.11. The zero-order chi connectivity index (χ0) is 14.9. The molecule has 0 atom stereocenters. The topological polar surface area (TPSA) is 68.3 Å². The summed E-state index contributed by atoms with van der Waals surface area (Å²) in [6.45, 7) is 4.12. The average Bonchev–Trinajstić information content (AvgIpc) is 2.52. The van der Waals surface area contributed by atoms with E-state index in [9.17, 15) is 0 Å². The Balaban J connectivity index is 1.60. The lowest BCUT2D eigenvalue weighted by molar-refractivity contribution is 0.0206. The molecule has 6 nitrogen and oxygen atoms in total. The van der Waals surface area contributed by atoms with E-state index in [4.69, 9.17) is 21.1 Å². The molecular formula is C14H23ClN4O2. The Morgan fingerprint density at radius 1 is 1.38 bits per heavy atom. The van der Waals surface area contributed by atoms with E-state index in [0.29, 0.717) is 11.1 Å². The molecule has 2 rings (SSSR count). The second-order valence-electron chi connectivity index (χ2n) is 5.05. The first kappa shape index (κ1) is 16.3. The van der Waals surface area contributed by atoms with Gasteiger partial charge in [0.1, 0.15) is 12.0 Å². The van der Waals surface area contributed by atoms with Gasteiger partial charge in [0.05, 0.1) is 0 Å². The van der Waals surface area contributed by atoms with Crippen molar-refractivity contribution in [3.63, 3.8) is 0 Å². The van der Waals surface area contributed by atoms with Crippen molar-refractivity contribution in [3.05, 3.63) is 11.5 Å². The molecule has 7 heteroatoms. The molecule has 1 fully saturated rings. The van der Waals surface area contributed by atoms with Crippen LogP contribution in [0.1, 0.15) is 19.3 Å². The fourth-order valence-corrected chi connectivity index (χ4v) is 2.49. The van der Waals surface area contributed by atoms with Gasteiger partial charge in [-0.2, -0.15) is 0 Å². The van der Waals surface area contributed by atoms with Crippen LogP contribution in [-0.4, -0.2) is 50.0 Å². The molecule has 0 aromatic carbocycles. The number of rotatable bonds is 8. The molecule has 0 unspecified atom stereocenters. The number of hydrogen-bond acceptors (Lipinski definition) is 6. The lowest BCUT2D eigenvalue weighted by Crippen LogP contribution is -2.20. The molecule has 2 heterocycles. The third-order valence-corrected chi connectivity index (χ3v) is 3.79. The summed E-state index contributed by atoms with van der Waals surface area (Å²) >= 11 is 5.99. The van der Waals surface area contributed by atoms with Crippen molar-refractivity contribution in [3.8, 4) is 0 Å². The SMILES string of the molecule is CNc1c(Cl)ncnc1NCCCOCC1CCOCC1. The summed E-state index contributed by atoms with van der Waals surface area (Å²) in [4.78, 5) is 8.11. The Labute approximate surface area is 130 Å². The van der Waals surface area contributed by atoms with Crippen LogP contribution in [-0.2, 0) is 9.47 Å². The van der Waals surface area contributed by atoms with Crippen molar-refractivity contribution in [2.45, 2.75) is 19.3 Å². The lowest BCUT2D eigenvalue weighted by Gasteiger charge is -2.21. The smallest absolute Gasteiger partial charge is 0.157 e. The summed E-state index contributed by atoms with van der Waals surface area (Å²) in [5.41, 5.74) is 0.724. The highest BCUT2D eigenvalue weighted by molar-refractivity contribution is 6.32. The maximum absolute atomic E-state index is 5.99. The van der Waals surface area contributed by atoms with E-state index in [1.165, 1.54) is 6.33 Å². The van der Waals surface area contributed by atoms with Crippen LogP contribution in [0.5, 0.6) is 0 Å². The van der Waals surface area contributed by atoms with Gasteiger partial charge in [-0.15, -0.1) is 0 Å². The minimum Gasteiger partial charge on any atom is -0.383 e. The Bertz CT molecular complexity index is 427. The fraction of sp³-hybridized carbons (Fsp3) is 0.714. The van der Waals surface area contributed by atoms with Gasteiger partial charge in [-0.1, -0.05) is 11.6 Å². The average molecular weight is 315 g/mol. The van der Waals surface area contributed by atoms with Gasteiger partial charge in [-0.25, -0.2) is 9.97 Å². The predicted octanol–water partition coefficient (Wildman–Crippen LogP) is 2.42. The molecule has 0 amide bonds. The molecular weight excluding hydrogens is 292 g/mol. The van der Waals surface area contributed by atoms with E-state index in [1.807, 2.05) is 0 Å². The number of nitrogens with zero attached hydrogens (tertiary/aromatic N) is 2. The van der Waals surface area contributed by atoms with Gasteiger partial charge in [-0.3, -0.25) is 0 Å². The number of anilines is 2. The van der Waals surface area contributed by atoms with Crippen molar-refractivity contribution in [2.75, 3.05) is 50.7 Å². The maximum atomic E-state index is 5.99. The molecule has 0 spiro atoms. The largest absolute Gasteiger partial charge is 0.383 e. The van der Waals surface area contributed by atoms with Crippen molar-refractivity contribution in [2.24, 2.45) is 5.92 Å². The van der Waals surface area contributed by atoms with Gasteiger partial charge >= 0.3 is 0 Å². The van der Waals surface area contributed by atoms with Crippen LogP contribution >= 0.6 is 11.6 Å². The van der Waals surface area contributed by atoms with E-state index < -0.39 is 0 Å². The summed E-state index contributed by atoms with van der Waals surface area (Å²) in [7, 11) is 1.80. The van der Waals surface area contributed by atoms with E-state index in [-0.39, 0.29) is 0 Å². The summed E-state index contributed by atoms with van der Waals surface area (Å²) in [6.07, 6.45) is 4.60. The van der Waals surface area contributed by atoms with Crippen molar-refractivity contribution in [1.29, 1.82) is 0 Å². The zero-order valence-corrected chi connectivity index (χ0v) is 13.2. The zero-order valence-electron chi connectivity index (χ0n) is 12.4. The third kappa shape index (κ3) is 5.30. The molecule has 1 aliphatic heterocycles. The van der Waals surface area contributed by atoms with Crippen molar-refractivity contribution < 1.29 is 9.47 Å². The normalized spacial score (nSPS) is 15.9. The van der Waals surface area contributed by atoms with Gasteiger partial charge < -0.3 is 20.1 Å². The van der Waals surface area contributed by atoms with Crippen molar-refractivity contribution >= 4 is 23.1 Å². The van der Waals surface area contributed by atoms with Crippen LogP contribution < -0.4 is 10.6 Å². The molecule has 0 saturated carbocycles. The van der Waals surface area contributed by atoms with Gasteiger partial charge in [0.15, 0.2) is 11.0 Å². The van der Waals surface area contributed by atoms with Gasteiger partial charge in [0, 0.05) is 40.0 Å². The van der Waals surface area contributed by atoms with Crippen LogP contribution in [0, 0.1) is 5.92 Å². The summed E-state index contributed by atoms with van der Waals surface area (Å²) in [6, 6.07) is 0. The molecule has 2 N–H and O–H groups in total. The summed E-state index contributed by atoms with van der Waals surface area (Å²) in [5, 5.41) is 6.66. The number of hydrogen-bond donors (Lipinski definition) is 2. The summed E-state index contributed by atoms with van der Waals surface area (Å²) < 4.78 is 11.1. The highest BCUT2D eigenvalue weighted by atomic mass is 35.5. The molecule has 1 aromatic heterocycles. The Kier molecular flexibility index (Phi) is 6.99. The molecule has 118 valence electrons. The standard InChI is InChI=1S/C14H23ClN4O2/c1-16-12-13(15)18-10-19-14(12)17-5-2-6-21-9-11-3-7-20-8-4-11/h10-11,16H,2-9H2,1H3,(H,17,18,19). The second kappa shape index (κ2) is 9.02. The van der Waals surface area contributed by atoms with Crippen LogP contribution in [0.2, 0.25) is 5.15 Å². The Morgan fingerprint density at radius 3 is 2.95 bits per heavy atom. The number of ether oxygens (including phenoxy) is 2. The first-order valence-electron chi connectivity index (χ1n) is 7.39. The first-order chi connectivity index (χ1) is 10.3. The van der Waals surface area contributed by atoms with Gasteiger partial charge in [0.2, 0.25) is 0 Å². The molecule has 0 radical (unpaired) electrons. The molecule has 0 aliphatic carbocycles. The quantitative estimate of drug-likeness (QED) is 0.567. The molecule has 21 heavy (non-hydrogen) atoms. The monoisotopic (exact) mass is 314 g/mol. The Morgan fingerprint density at radius 2 is 2.19 bits per heavy atom. The van der Waals surface area contributed by atoms with Crippen LogP contribution in [0.25, 0.3) is 0 Å². The molecule has 1 saturated heterocycles. The number of nitrogens with one attached hydrogen (secondary N) is 2. The first-order valence-corrected chi connectivity index (χ1v) is 7.76. The maximum Gasteiger partial charge on any atom is 0.157 e. The molecule has 0 bridgehead atoms. The minimum absolute atomic E-state index is 0.422. The van der Waals surface area contributed by atoms with Crippen LogP contribution in [0.15, 0.2) is 6.33 Å². The fourth-order valence-electron chi connectivity index (χ4n) is 2.26. The minimum atomic E-state index is 0.422. The third-order valence-electron chi connectivity index (χ3n) is 3.50. The van der Waals surface area contributed by atoms with Crippen molar-refractivity contribution in [1.82, 2.24) is 9.97 Å². The molecule has 1 aromatic rings. The summed E-state index contributed by atoms with van der Waals surface area (Å²) in [5.74, 6) is 1.38. The highest BCUT2D eigenvalue weighted by Gasteiger charge is 2.13. The van der Waals surface area contributed by atoms with E-state index in [1.54, 1.807) is 7.05 Å². The predicted molar refractivity (Wildman–Crippen MR) is 84.1 cm³/mol. The van der Waals surface area contributed by atoms with E-state index in [2.05, 4.69) is 20.6 Å². The van der Waals surface area contributed by atoms with Gasteiger partial charge in [0.25, 0.3) is 0 Å². The van der Waals surface area contributed by atoms with E-state index in [0.717, 1.165) is 63.7 Å². The number of aromatic nitrogens is 2. The number of halogens is 1. The van der Waals surface area contributed by atoms with Crippen LogP contribution in [0.3, 0.4) is 0 Å². The van der Waals surface area contributed by atoms with Crippen LogP contribution in [0.4, 0.5) is 11.5 Å². The second-order valence-corrected chi connectivity index (χ2v) is 5.41. The van der Waals surface area contributed by atoms with E-state index >= 15 is 0 Å².